The Hall–Kier alpha value is -1.59. The van der Waals surface area contributed by atoms with Gasteiger partial charge >= 0.3 is 6.01 Å². The van der Waals surface area contributed by atoms with Crippen molar-refractivity contribution < 1.29 is 4.74 Å². The fraction of sp³-hybridized carbons (Fsp3) is 0.700. The van der Waals surface area contributed by atoms with Crippen molar-refractivity contribution in [2.75, 3.05) is 17.7 Å². The summed E-state index contributed by atoms with van der Waals surface area (Å²) in [6.07, 6.45) is 2.06. The molecular weight excluding hydrogens is 206 g/mol. The third-order valence-electron chi connectivity index (χ3n) is 2.49. The largest absolute Gasteiger partial charge is 0.463 e. The number of hydrogen-bond acceptors (Lipinski definition) is 6. The number of nitrogens with zero attached hydrogens (tertiary/aromatic N) is 3. The number of rotatable bonds is 5. The maximum Gasteiger partial charge on any atom is 0.323 e. The molecule has 3 N–H and O–H groups in total. The zero-order valence-corrected chi connectivity index (χ0v) is 9.60. The van der Waals surface area contributed by atoms with E-state index in [2.05, 4.69) is 27.2 Å². The molecule has 0 aliphatic heterocycles. The van der Waals surface area contributed by atoms with Crippen LogP contribution in [0.1, 0.15) is 26.7 Å². The van der Waals surface area contributed by atoms with Gasteiger partial charge in [0.15, 0.2) is 0 Å². The van der Waals surface area contributed by atoms with Crippen molar-refractivity contribution in [1.29, 1.82) is 0 Å². The van der Waals surface area contributed by atoms with Gasteiger partial charge in [-0.1, -0.05) is 13.8 Å². The molecule has 16 heavy (non-hydrogen) atoms. The number of nitrogen functional groups attached to an aromatic ring is 1. The summed E-state index contributed by atoms with van der Waals surface area (Å²) < 4.78 is 5.32. The highest BCUT2D eigenvalue weighted by molar-refractivity contribution is 5.35. The first-order chi connectivity index (χ1) is 7.69. The van der Waals surface area contributed by atoms with Gasteiger partial charge in [-0.15, -0.1) is 0 Å². The Morgan fingerprint density at radius 3 is 2.81 bits per heavy atom. The highest BCUT2D eigenvalue weighted by Gasteiger charge is 2.33. The number of nitrogens with one attached hydrogen (secondary N) is 1. The second kappa shape index (κ2) is 4.51. The van der Waals surface area contributed by atoms with Gasteiger partial charge < -0.3 is 15.8 Å². The molecule has 2 atom stereocenters. The first-order valence-corrected chi connectivity index (χ1v) is 5.60. The smallest absolute Gasteiger partial charge is 0.323 e. The van der Waals surface area contributed by atoms with Crippen molar-refractivity contribution in [2.24, 2.45) is 5.92 Å². The predicted molar refractivity (Wildman–Crippen MR) is 61.2 cm³/mol. The minimum Gasteiger partial charge on any atom is -0.463 e. The van der Waals surface area contributed by atoms with Crippen LogP contribution in [0.3, 0.4) is 0 Å². The molecule has 6 nitrogen and oxygen atoms in total. The van der Waals surface area contributed by atoms with E-state index in [-0.39, 0.29) is 5.95 Å². The second-order valence-electron chi connectivity index (χ2n) is 4.11. The van der Waals surface area contributed by atoms with Crippen molar-refractivity contribution in [3.05, 3.63) is 0 Å². The molecule has 1 saturated carbocycles. The Morgan fingerprint density at radius 2 is 2.19 bits per heavy atom. The van der Waals surface area contributed by atoms with Gasteiger partial charge in [0.2, 0.25) is 11.9 Å². The maximum atomic E-state index is 5.58. The molecule has 6 heteroatoms. The van der Waals surface area contributed by atoms with Crippen molar-refractivity contribution >= 4 is 11.9 Å². The monoisotopic (exact) mass is 223 g/mol. The highest BCUT2D eigenvalue weighted by atomic mass is 16.5. The lowest BCUT2D eigenvalue weighted by Crippen LogP contribution is -2.11. The number of ether oxygens (including phenoxy) is 1. The van der Waals surface area contributed by atoms with Crippen LogP contribution in [-0.2, 0) is 0 Å². The van der Waals surface area contributed by atoms with Crippen LogP contribution >= 0.6 is 0 Å². The van der Waals surface area contributed by atoms with Gasteiger partial charge in [-0.2, -0.15) is 15.0 Å². The van der Waals surface area contributed by atoms with Crippen molar-refractivity contribution in [3.63, 3.8) is 0 Å². The molecule has 1 aromatic rings. The minimum absolute atomic E-state index is 0.192. The quantitative estimate of drug-likeness (QED) is 0.776. The van der Waals surface area contributed by atoms with E-state index < -0.39 is 0 Å². The van der Waals surface area contributed by atoms with Crippen LogP contribution in [0.2, 0.25) is 0 Å². The summed E-state index contributed by atoms with van der Waals surface area (Å²) in [6.45, 7) is 4.79. The summed E-state index contributed by atoms with van der Waals surface area (Å²) in [5.74, 6) is 1.38. The Kier molecular flexibility index (Phi) is 3.07. The summed E-state index contributed by atoms with van der Waals surface area (Å²) >= 11 is 0. The highest BCUT2D eigenvalue weighted by Crippen LogP contribution is 2.31. The molecule has 0 saturated heterocycles. The average Bonchev–Trinajstić information content (AvgIpc) is 2.90. The van der Waals surface area contributed by atoms with E-state index in [4.69, 9.17) is 10.5 Å². The molecule has 2 unspecified atom stereocenters. The molecule has 0 spiro atoms. The molecule has 0 bridgehead atoms. The summed E-state index contributed by atoms with van der Waals surface area (Å²) in [5.41, 5.74) is 5.58. The van der Waals surface area contributed by atoms with Crippen LogP contribution in [0.5, 0.6) is 6.01 Å². The van der Waals surface area contributed by atoms with Gasteiger partial charge in [0.1, 0.15) is 0 Å². The molecule has 0 aromatic carbocycles. The standard InChI is InChI=1S/C10H17N5O/c1-3-4-16-10-14-8(11)13-9(15-10)12-7-5-6(7)2/h6-7H,3-5H2,1-2H3,(H3,11,12,13,14,15). The molecule has 1 fully saturated rings. The van der Waals surface area contributed by atoms with Crippen molar-refractivity contribution in [2.45, 2.75) is 32.7 Å². The normalized spacial score (nSPS) is 22.9. The molecular formula is C10H17N5O. The summed E-state index contributed by atoms with van der Waals surface area (Å²) in [6, 6.07) is 0.756. The van der Waals surface area contributed by atoms with Gasteiger partial charge in [0.05, 0.1) is 6.61 Å². The van der Waals surface area contributed by atoms with Gasteiger partial charge in [0.25, 0.3) is 0 Å². The van der Waals surface area contributed by atoms with E-state index in [1.54, 1.807) is 0 Å². The number of aromatic nitrogens is 3. The van der Waals surface area contributed by atoms with Crippen LogP contribution in [0.25, 0.3) is 0 Å². The van der Waals surface area contributed by atoms with Gasteiger partial charge in [-0.25, -0.2) is 0 Å². The average molecular weight is 223 g/mol. The van der Waals surface area contributed by atoms with E-state index in [0.29, 0.717) is 30.5 Å². The molecule has 1 aliphatic carbocycles. The van der Waals surface area contributed by atoms with Gasteiger partial charge in [0, 0.05) is 6.04 Å². The maximum absolute atomic E-state index is 5.58. The fourth-order valence-electron chi connectivity index (χ4n) is 1.38. The van der Waals surface area contributed by atoms with Gasteiger partial charge in [-0.05, 0) is 18.8 Å². The fourth-order valence-corrected chi connectivity index (χ4v) is 1.38. The number of hydrogen-bond donors (Lipinski definition) is 2. The zero-order valence-electron chi connectivity index (χ0n) is 9.60. The van der Waals surface area contributed by atoms with E-state index in [1.807, 2.05) is 6.92 Å². The third-order valence-corrected chi connectivity index (χ3v) is 2.49. The van der Waals surface area contributed by atoms with Crippen molar-refractivity contribution in [1.82, 2.24) is 15.0 Å². The minimum atomic E-state index is 0.192. The first kappa shape index (κ1) is 10.9. The molecule has 0 radical (unpaired) electrons. The van der Waals surface area contributed by atoms with E-state index >= 15 is 0 Å². The Labute approximate surface area is 94.6 Å². The van der Waals surface area contributed by atoms with E-state index in [0.717, 1.165) is 12.8 Å². The van der Waals surface area contributed by atoms with Crippen LogP contribution in [0.15, 0.2) is 0 Å². The SMILES string of the molecule is CCCOc1nc(N)nc(NC2CC2C)n1. The number of anilines is 2. The first-order valence-electron chi connectivity index (χ1n) is 5.60. The molecule has 2 rings (SSSR count). The Bertz CT molecular complexity index is 370. The molecule has 1 aromatic heterocycles. The molecule has 1 heterocycles. The zero-order chi connectivity index (χ0) is 11.5. The lowest BCUT2D eigenvalue weighted by molar-refractivity contribution is 0.292. The van der Waals surface area contributed by atoms with Crippen molar-refractivity contribution in [3.8, 4) is 6.01 Å². The molecule has 0 amide bonds. The predicted octanol–water partition coefficient (Wildman–Crippen LogP) is 1.06. The lowest BCUT2D eigenvalue weighted by Gasteiger charge is -2.06. The molecule has 1 aliphatic rings. The number of nitrogens with two attached hydrogens (primary N) is 1. The van der Waals surface area contributed by atoms with Crippen LogP contribution < -0.4 is 15.8 Å². The van der Waals surface area contributed by atoms with Gasteiger partial charge in [-0.3, -0.25) is 0 Å². The summed E-state index contributed by atoms with van der Waals surface area (Å²) in [7, 11) is 0. The van der Waals surface area contributed by atoms with E-state index in [1.165, 1.54) is 0 Å². The summed E-state index contributed by atoms with van der Waals surface area (Å²) in [4.78, 5) is 12.1. The third kappa shape index (κ3) is 2.71. The van der Waals surface area contributed by atoms with Crippen LogP contribution in [0, 0.1) is 5.92 Å². The topological polar surface area (TPSA) is 86.0 Å². The summed E-state index contributed by atoms with van der Waals surface area (Å²) in [5, 5.41) is 3.20. The molecule has 88 valence electrons. The Balaban J connectivity index is 2.03. The van der Waals surface area contributed by atoms with Crippen LogP contribution in [0.4, 0.5) is 11.9 Å². The lowest BCUT2D eigenvalue weighted by atomic mass is 10.5. The van der Waals surface area contributed by atoms with Crippen LogP contribution in [-0.4, -0.2) is 27.6 Å². The van der Waals surface area contributed by atoms with E-state index in [9.17, 15) is 0 Å². The second-order valence-corrected chi connectivity index (χ2v) is 4.11. The Morgan fingerprint density at radius 1 is 1.44 bits per heavy atom.